The van der Waals surface area contributed by atoms with Gasteiger partial charge in [-0.05, 0) is 24.8 Å². The number of hydrogen-bond acceptors (Lipinski definition) is 3. The summed E-state index contributed by atoms with van der Waals surface area (Å²) in [7, 11) is 0. The van der Waals surface area contributed by atoms with E-state index in [-0.39, 0.29) is 17.5 Å². The number of hydrogen-bond donors (Lipinski definition) is 2. The van der Waals surface area contributed by atoms with Gasteiger partial charge >= 0.3 is 0 Å². The highest BCUT2D eigenvalue weighted by molar-refractivity contribution is 6.42. The molecule has 0 bridgehead atoms. The van der Waals surface area contributed by atoms with Crippen LogP contribution in [0, 0.1) is 17.2 Å². The highest BCUT2D eigenvalue weighted by Crippen LogP contribution is 2.29. The Hall–Kier alpha value is -1.77. The number of rotatable bonds is 6. The second kappa shape index (κ2) is 9.65. The molecule has 25 heavy (non-hydrogen) atoms. The van der Waals surface area contributed by atoms with Crippen LogP contribution in [-0.4, -0.2) is 18.4 Å². The minimum atomic E-state index is -0.922. The minimum Gasteiger partial charge on any atom is -0.347 e. The first-order valence-electron chi connectivity index (χ1n) is 8.41. The monoisotopic (exact) mass is 381 g/mol. The molecule has 0 heterocycles. The van der Waals surface area contributed by atoms with Gasteiger partial charge in [0.05, 0.1) is 22.7 Å². The van der Waals surface area contributed by atoms with Crippen LogP contribution in [0.1, 0.15) is 50.1 Å². The fourth-order valence-corrected chi connectivity index (χ4v) is 3.46. The van der Waals surface area contributed by atoms with Crippen LogP contribution in [0.25, 0.3) is 0 Å². The average Bonchev–Trinajstić information content (AvgIpc) is 2.61. The normalized spacial score (nSPS) is 15.9. The van der Waals surface area contributed by atoms with E-state index in [9.17, 15) is 14.9 Å². The maximum absolute atomic E-state index is 12.0. The number of amides is 2. The molecule has 1 atom stereocenters. The lowest BCUT2D eigenvalue weighted by Gasteiger charge is -2.20. The van der Waals surface area contributed by atoms with Crippen LogP contribution in [0.2, 0.25) is 10.0 Å². The Morgan fingerprint density at radius 3 is 2.60 bits per heavy atom. The lowest BCUT2D eigenvalue weighted by Crippen LogP contribution is -2.39. The van der Waals surface area contributed by atoms with Crippen molar-refractivity contribution in [2.75, 3.05) is 6.54 Å². The quantitative estimate of drug-likeness (QED) is 0.786. The summed E-state index contributed by atoms with van der Waals surface area (Å²) in [4.78, 5) is 24.0. The highest BCUT2D eigenvalue weighted by atomic mass is 35.5. The summed E-state index contributed by atoms with van der Waals surface area (Å²) >= 11 is 12.0. The Bertz CT molecular complexity index is 667. The Morgan fingerprint density at radius 1 is 1.20 bits per heavy atom. The Morgan fingerprint density at radius 2 is 1.92 bits per heavy atom. The molecule has 0 aromatic heterocycles. The van der Waals surface area contributed by atoms with Gasteiger partial charge in [0, 0.05) is 12.0 Å². The first-order chi connectivity index (χ1) is 12.0. The second-order valence-corrected chi connectivity index (χ2v) is 7.04. The number of nitrogens with one attached hydrogen (secondary N) is 2. The molecule has 2 N–H and O–H groups in total. The van der Waals surface area contributed by atoms with Crippen molar-refractivity contribution in [1.29, 1.82) is 5.26 Å². The Balaban J connectivity index is 1.83. The molecule has 0 saturated heterocycles. The van der Waals surface area contributed by atoms with Gasteiger partial charge in [-0.3, -0.25) is 9.59 Å². The van der Waals surface area contributed by atoms with Crippen LogP contribution < -0.4 is 10.6 Å². The van der Waals surface area contributed by atoms with Gasteiger partial charge in [0.1, 0.15) is 6.04 Å². The summed E-state index contributed by atoms with van der Waals surface area (Å²) in [6, 6.07) is 5.95. The van der Waals surface area contributed by atoms with Crippen LogP contribution in [0.3, 0.4) is 0 Å². The molecule has 1 saturated carbocycles. The fraction of sp³-hybridized carbons (Fsp3) is 0.500. The van der Waals surface area contributed by atoms with Crippen LogP contribution >= 0.6 is 23.2 Å². The van der Waals surface area contributed by atoms with E-state index in [1.165, 1.54) is 19.3 Å². The van der Waals surface area contributed by atoms with Crippen molar-refractivity contribution in [2.24, 2.45) is 5.92 Å². The van der Waals surface area contributed by atoms with Crippen molar-refractivity contribution in [2.45, 2.75) is 44.6 Å². The van der Waals surface area contributed by atoms with Crippen LogP contribution in [0.15, 0.2) is 18.2 Å². The summed E-state index contributed by atoms with van der Waals surface area (Å²) in [6.45, 7) is -0.165. The minimum absolute atomic E-state index is 0.128. The molecule has 1 aliphatic rings. The second-order valence-electron chi connectivity index (χ2n) is 6.26. The van der Waals surface area contributed by atoms with Crippen molar-refractivity contribution in [1.82, 2.24) is 10.6 Å². The number of carbonyl (C=O) groups is 2. The van der Waals surface area contributed by atoms with Gasteiger partial charge in [0.2, 0.25) is 11.8 Å². The van der Waals surface area contributed by atoms with Crippen LogP contribution in [0.4, 0.5) is 0 Å². The van der Waals surface area contributed by atoms with E-state index >= 15 is 0 Å². The van der Waals surface area contributed by atoms with Gasteiger partial charge < -0.3 is 10.6 Å². The van der Waals surface area contributed by atoms with Crippen LogP contribution in [-0.2, 0) is 9.59 Å². The predicted octanol–water partition coefficient (Wildman–Crippen LogP) is 3.76. The van der Waals surface area contributed by atoms with Gasteiger partial charge in [-0.2, -0.15) is 5.26 Å². The third-order valence-electron chi connectivity index (χ3n) is 4.37. The smallest absolute Gasteiger partial charge is 0.240 e. The molecular formula is C18H21Cl2N3O2. The molecule has 7 heteroatoms. The summed E-state index contributed by atoms with van der Waals surface area (Å²) in [6.07, 6.45) is 6.18. The van der Waals surface area contributed by atoms with E-state index in [1.54, 1.807) is 18.2 Å². The van der Waals surface area contributed by atoms with Crippen LogP contribution in [0.5, 0.6) is 0 Å². The average molecular weight is 382 g/mol. The lowest BCUT2D eigenvalue weighted by molar-refractivity contribution is -0.127. The number of carbonyl (C=O) groups excluding carboxylic acids is 2. The largest absolute Gasteiger partial charge is 0.347 e. The zero-order valence-electron chi connectivity index (χ0n) is 13.9. The number of halogens is 2. The molecule has 5 nitrogen and oxygen atoms in total. The SMILES string of the molecule is N#CC(NC(=O)CNC(=O)CC1CCCCC1)c1cccc(Cl)c1Cl. The van der Waals surface area contributed by atoms with E-state index in [1.807, 2.05) is 6.07 Å². The van der Waals surface area contributed by atoms with Gasteiger partial charge in [0.25, 0.3) is 0 Å². The Kier molecular flexibility index (Phi) is 7.54. The first kappa shape index (κ1) is 19.6. The van der Waals surface area contributed by atoms with Gasteiger partial charge in [-0.15, -0.1) is 0 Å². The summed E-state index contributed by atoms with van der Waals surface area (Å²) in [5, 5.41) is 15.0. The maximum Gasteiger partial charge on any atom is 0.240 e. The lowest BCUT2D eigenvalue weighted by atomic mass is 9.87. The third-order valence-corrected chi connectivity index (χ3v) is 5.21. The first-order valence-corrected chi connectivity index (χ1v) is 9.16. The molecule has 2 amide bonds. The molecule has 134 valence electrons. The van der Waals surface area contributed by atoms with Crippen molar-refractivity contribution in [3.05, 3.63) is 33.8 Å². The number of benzene rings is 1. The Labute approximate surface area is 157 Å². The number of nitriles is 1. The maximum atomic E-state index is 12.0. The molecule has 2 rings (SSSR count). The van der Waals surface area contributed by atoms with Gasteiger partial charge in [-0.25, -0.2) is 0 Å². The van der Waals surface area contributed by atoms with Crippen molar-refractivity contribution in [3.63, 3.8) is 0 Å². The summed E-state index contributed by atoms with van der Waals surface area (Å²) in [5.41, 5.74) is 0.429. The molecule has 0 radical (unpaired) electrons. The molecule has 1 aromatic carbocycles. The molecule has 1 aliphatic carbocycles. The zero-order chi connectivity index (χ0) is 18.2. The van der Waals surface area contributed by atoms with Gasteiger partial charge in [0.15, 0.2) is 0 Å². The predicted molar refractivity (Wildman–Crippen MR) is 97.2 cm³/mol. The van der Waals surface area contributed by atoms with E-state index in [0.717, 1.165) is 12.8 Å². The number of nitrogens with zero attached hydrogens (tertiary/aromatic N) is 1. The standard InChI is InChI=1S/C18H21Cl2N3O2/c19-14-8-4-7-13(18(14)20)15(10-21)23-17(25)11-22-16(24)9-12-5-2-1-3-6-12/h4,7-8,12,15H,1-3,5-6,9,11H2,(H,22,24)(H,23,25). The van der Waals surface area contributed by atoms with E-state index in [2.05, 4.69) is 10.6 Å². The summed E-state index contributed by atoms with van der Waals surface area (Å²) in [5.74, 6) is -0.162. The molecular weight excluding hydrogens is 361 g/mol. The topological polar surface area (TPSA) is 82.0 Å². The summed E-state index contributed by atoms with van der Waals surface area (Å²) < 4.78 is 0. The molecule has 0 aliphatic heterocycles. The van der Waals surface area contributed by atoms with E-state index in [4.69, 9.17) is 23.2 Å². The molecule has 1 fully saturated rings. The van der Waals surface area contributed by atoms with Crippen molar-refractivity contribution < 1.29 is 9.59 Å². The van der Waals surface area contributed by atoms with Crippen molar-refractivity contribution in [3.8, 4) is 6.07 Å². The third kappa shape index (κ3) is 5.91. The van der Waals surface area contributed by atoms with E-state index in [0.29, 0.717) is 22.9 Å². The van der Waals surface area contributed by atoms with E-state index < -0.39 is 11.9 Å². The molecule has 1 unspecified atom stereocenters. The molecule has 1 aromatic rings. The van der Waals surface area contributed by atoms with Gasteiger partial charge in [-0.1, -0.05) is 54.6 Å². The van der Waals surface area contributed by atoms with Crippen molar-refractivity contribution >= 4 is 35.0 Å². The fourth-order valence-electron chi connectivity index (χ4n) is 3.04. The highest BCUT2D eigenvalue weighted by Gasteiger charge is 2.20. The molecule has 0 spiro atoms. The zero-order valence-corrected chi connectivity index (χ0v) is 15.4.